The van der Waals surface area contributed by atoms with E-state index in [0.717, 1.165) is 17.9 Å². The van der Waals surface area contributed by atoms with Crippen LogP contribution < -0.4 is 10.6 Å². The molecule has 0 spiro atoms. The average Bonchev–Trinajstić information content (AvgIpc) is 2.46. The third kappa shape index (κ3) is 3.90. The zero-order chi connectivity index (χ0) is 15.4. The first kappa shape index (κ1) is 16.6. The van der Waals surface area contributed by atoms with Gasteiger partial charge in [0.2, 0.25) is 0 Å². The Morgan fingerprint density at radius 3 is 2.90 bits per heavy atom. The molecule has 1 aromatic carbocycles. The van der Waals surface area contributed by atoms with Crippen LogP contribution in [0.15, 0.2) is 23.1 Å². The number of thiocarbonyl (C=S) groups is 1. The van der Waals surface area contributed by atoms with Gasteiger partial charge in [0.05, 0.1) is 0 Å². The van der Waals surface area contributed by atoms with E-state index in [1.54, 1.807) is 11.8 Å². The standard InChI is InChI=1S/C16H25N3S2/c1-4-21-14-9-5-8-13(15(14)16(17)20)19(3)12-7-6-10-18(2)11-12/h5,8-9,12H,4,6-7,10-11H2,1-3H3,(H2,17,20). The summed E-state index contributed by atoms with van der Waals surface area (Å²) >= 11 is 7.13. The van der Waals surface area contributed by atoms with Crippen molar-refractivity contribution >= 4 is 34.7 Å². The van der Waals surface area contributed by atoms with Crippen LogP contribution in [0.5, 0.6) is 0 Å². The zero-order valence-corrected chi connectivity index (χ0v) is 14.8. The Bertz CT molecular complexity index is 504. The van der Waals surface area contributed by atoms with Crippen molar-refractivity contribution in [1.82, 2.24) is 4.90 Å². The fraction of sp³-hybridized carbons (Fsp3) is 0.562. The molecule has 5 heteroatoms. The van der Waals surface area contributed by atoms with Crippen LogP contribution in [0.4, 0.5) is 5.69 Å². The molecular weight excluding hydrogens is 298 g/mol. The summed E-state index contributed by atoms with van der Waals surface area (Å²) in [6.07, 6.45) is 2.47. The summed E-state index contributed by atoms with van der Waals surface area (Å²) in [5, 5.41) is 0. The first-order valence-corrected chi connectivity index (χ1v) is 8.91. The summed E-state index contributed by atoms with van der Waals surface area (Å²) in [6, 6.07) is 6.90. The number of nitrogens with two attached hydrogens (primary N) is 1. The van der Waals surface area contributed by atoms with Gasteiger partial charge in [-0.1, -0.05) is 25.2 Å². The lowest BCUT2D eigenvalue weighted by molar-refractivity contribution is 0.248. The van der Waals surface area contributed by atoms with Crippen LogP contribution >= 0.6 is 24.0 Å². The van der Waals surface area contributed by atoms with Crippen LogP contribution in [0.1, 0.15) is 25.3 Å². The van der Waals surface area contributed by atoms with Gasteiger partial charge in [0.1, 0.15) is 4.99 Å². The number of anilines is 1. The van der Waals surface area contributed by atoms with E-state index < -0.39 is 0 Å². The second-order valence-electron chi connectivity index (χ2n) is 5.62. The molecule has 21 heavy (non-hydrogen) atoms. The molecule has 3 nitrogen and oxygen atoms in total. The molecule has 1 heterocycles. The first-order chi connectivity index (χ1) is 10.0. The summed E-state index contributed by atoms with van der Waals surface area (Å²) < 4.78 is 0. The fourth-order valence-electron chi connectivity index (χ4n) is 2.99. The van der Waals surface area contributed by atoms with E-state index in [1.807, 2.05) is 0 Å². The number of piperidine rings is 1. The van der Waals surface area contributed by atoms with Gasteiger partial charge in [-0.05, 0) is 44.3 Å². The van der Waals surface area contributed by atoms with Crippen molar-refractivity contribution in [2.75, 3.05) is 37.8 Å². The molecule has 1 aliphatic heterocycles. The molecule has 0 aliphatic carbocycles. The van der Waals surface area contributed by atoms with Crippen LogP contribution in [0.25, 0.3) is 0 Å². The molecule has 0 radical (unpaired) electrons. The maximum Gasteiger partial charge on any atom is 0.107 e. The fourth-order valence-corrected chi connectivity index (χ4v) is 4.11. The SMILES string of the molecule is CCSc1cccc(N(C)C2CCCN(C)C2)c1C(N)=S. The van der Waals surface area contributed by atoms with Gasteiger partial charge in [0.15, 0.2) is 0 Å². The highest BCUT2D eigenvalue weighted by atomic mass is 32.2. The minimum absolute atomic E-state index is 0.498. The molecule has 1 atom stereocenters. The van der Waals surface area contributed by atoms with Crippen LogP contribution in [0.2, 0.25) is 0 Å². The van der Waals surface area contributed by atoms with Gasteiger partial charge in [-0.3, -0.25) is 0 Å². The number of hydrogen-bond donors (Lipinski definition) is 1. The van der Waals surface area contributed by atoms with Crippen LogP contribution in [0.3, 0.4) is 0 Å². The lowest BCUT2D eigenvalue weighted by atomic mass is 10.0. The smallest absolute Gasteiger partial charge is 0.107 e. The highest BCUT2D eigenvalue weighted by molar-refractivity contribution is 7.99. The molecule has 1 unspecified atom stereocenters. The number of thioether (sulfide) groups is 1. The van der Waals surface area contributed by atoms with E-state index in [9.17, 15) is 0 Å². The van der Waals surface area contributed by atoms with E-state index in [4.69, 9.17) is 18.0 Å². The van der Waals surface area contributed by atoms with Gasteiger partial charge in [-0.25, -0.2) is 0 Å². The second kappa shape index (κ2) is 7.47. The van der Waals surface area contributed by atoms with Crippen molar-refractivity contribution in [3.8, 4) is 0 Å². The number of likely N-dealkylation sites (tertiary alicyclic amines) is 1. The molecule has 116 valence electrons. The van der Waals surface area contributed by atoms with E-state index >= 15 is 0 Å². The van der Waals surface area contributed by atoms with Gasteiger partial charge in [0, 0.05) is 35.8 Å². The topological polar surface area (TPSA) is 32.5 Å². The van der Waals surface area contributed by atoms with Crippen molar-refractivity contribution in [2.24, 2.45) is 5.73 Å². The zero-order valence-electron chi connectivity index (χ0n) is 13.1. The van der Waals surface area contributed by atoms with Gasteiger partial charge in [0.25, 0.3) is 0 Å². The molecule has 2 rings (SSSR count). The molecule has 1 aromatic rings. The molecule has 0 amide bonds. The minimum Gasteiger partial charge on any atom is -0.389 e. The van der Waals surface area contributed by atoms with Gasteiger partial charge in [-0.2, -0.15) is 0 Å². The largest absolute Gasteiger partial charge is 0.389 e. The molecule has 1 saturated heterocycles. The molecule has 2 N–H and O–H groups in total. The van der Waals surface area contributed by atoms with Gasteiger partial charge >= 0.3 is 0 Å². The Hall–Kier alpha value is -0.780. The van der Waals surface area contributed by atoms with Gasteiger partial charge in [-0.15, -0.1) is 11.8 Å². The van der Waals surface area contributed by atoms with E-state index in [-0.39, 0.29) is 0 Å². The Labute approximate surface area is 137 Å². The molecule has 0 saturated carbocycles. The summed E-state index contributed by atoms with van der Waals surface area (Å²) in [5.41, 5.74) is 8.23. The van der Waals surface area contributed by atoms with E-state index in [0.29, 0.717) is 11.0 Å². The molecular formula is C16H25N3S2. The third-order valence-corrected chi connectivity index (χ3v) is 5.22. The van der Waals surface area contributed by atoms with Crippen molar-refractivity contribution < 1.29 is 0 Å². The number of nitrogens with zero attached hydrogens (tertiary/aromatic N) is 2. The minimum atomic E-state index is 0.498. The monoisotopic (exact) mass is 323 g/mol. The summed E-state index contributed by atoms with van der Waals surface area (Å²) in [5.74, 6) is 1.02. The number of hydrogen-bond acceptors (Lipinski definition) is 4. The van der Waals surface area contributed by atoms with Gasteiger partial charge < -0.3 is 15.5 Å². The predicted octanol–water partition coefficient (Wildman–Crippen LogP) is 2.96. The van der Waals surface area contributed by atoms with Crippen molar-refractivity contribution in [3.63, 3.8) is 0 Å². The number of benzene rings is 1. The van der Waals surface area contributed by atoms with Crippen molar-refractivity contribution in [1.29, 1.82) is 0 Å². The summed E-state index contributed by atoms with van der Waals surface area (Å²) in [6.45, 7) is 4.44. The van der Waals surface area contributed by atoms with E-state index in [2.05, 4.69) is 49.0 Å². The quantitative estimate of drug-likeness (QED) is 0.665. The Morgan fingerprint density at radius 1 is 1.52 bits per heavy atom. The highest BCUT2D eigenvalue weighted by Gasteiger charge is 2.24. The molecule has 0 aromatic heterocycles. The highest BCUT2D eigenvalue weighted by Crippen LogP contribution is 2.32. The Kier molecular flexibility index (Phi) is 5.90. The Balaban J connectivity index is 2.33. The lowest BCUT2D eigenvalue weighted by Gasteiger charge is -2.38. The van der Waals surface area contributed by atoms with Crippen LogP contribution in [-0.2, 0) is 0 Å². The summed E-state index contributed by atoms with van der Waals surface area (Å²) in [7, 11) is 4.36. The first-order valence-electron chi connectivity index (χ1n) is 7.51. The maximum atomic E-state index is 6.02. The average molecular weight is 324 g/mol. The van der Waals surface area contributed by atoms with Crippen LogP contribution in [-0.4, -0.2) is 48.9 Å². The normalized spacial score (nSPS) is 19.5. The van der Waals surface area contributed by atoms with Crippen molar-refractivity contribution in [2.45, 2.75) is 30.7 Å². The summed E-state index contributed by atoms with van der Waals surface area (Å²) in [4.78, 5) is 6.45. The third-order valence-electron chi connectivity index (χ3n) is 4.08. The lowest BCUT2D eigenvalue weighted by Crippen LogP contribution is -2.45. The predicted molar refractivity (Wildman–Crippen MR) is 97.6 cm³/mol. The number of rotatable bonds is 5. The molecule has 0 bridgehead atoms. The van der Waals surface area contributed by atoms with E-state index in [1.165, 1.54) is 30.0 Å². The second-order valence-corrected chi connectivity index (χ2v) is 7.36. The molecule has 1 fully saturated rings. The maximum absolute atomic E-state index is 6.02. The number of likely N-dealkylation sites (N-methyl/N-ethyl adjacent to an activating group) is 2. The Morgan fingerprint density at radius 2 is 2.29 bits per heavy atom. The van der Waals surface area contributed by atoms with Crippen LogP contribution in [0, 0.1) is 0 Å². The molecule has 1 aliphatic rings. The van der Waals surface area contributed by atoms with Crippen molar-refractivity contribution in [3.05, 3.63) is 23.8 Å².